The van der Waals surface area contributed by atoms with Crippen LogP contribution in [-0.4, -0.2) is 48.8 Å². The summed E-state index contributed by atoms with van der Waals surface area (Å²) >= 11 is 7.89. The second-order valence-corrected chi connectivity index (χ2v) is 7.83. The molecule has 0 aliphatic carbocycles. The lowest BCUT2D eigenvalue weighted by Gasteiger charge is -2.29. The highest BCUT2D eigenvalue weighted by molar-refractivity contribution is 7.99. The van der Waals surface area contributed by atoms with E-state index < -0.39 is 6.04 Å². The summed E-state index contributed by atoms with van der Waals surface area (Å²) in [6.07, 6.45) is 4.39. The first-order chi connectivity index (χ1) is 12.6. The van der Waals surface area contributed by atoms with E-state index in [1.54, 1.807) is 22.7 Å². The molecule has 0 saturated carbocycles. The molecule has 0 spiro atoms. The predicted molar refractivity (Wildman–Crippen MR) is 106 cm³/mol. The molecule has 0 aromatic heterocycles. The predicted octanol–water partition coefficient (Wildman–Crippen LogP) is 3.63. The van der Waals surface area contributed by atoms with Gasteiger partial charge in [0.15, 0.2) is 0 Å². The van der Waals surface area contributed by atoms with Crippen LogP contribution in [0.25, 0.3) is 0 Å². The van der Waals surface area contributed by atoms with Gasteiger partial charge in [0.25, 0.3) is 0 Å². The third-order valence-corrected chi connectivity index (χ3v) is 6.01. The van der Waals surface area contributed by atoms with E-state index in [0.29, 0.717) is 17.3 Å². The normalized spacial score (nSPS) is 19.6. The fraction of sp³-hybridized carbons (Fsp3) is 0.579. The quantitative estimate of drug-likeness (QED) is 0.645. The summed E-state index contributed by atoms with van der Waals surface area (Å²) in [5.41, 5.74) is 0.849. The molecule has 5 nitrogen and oxygen atoms in total. The Labute approximate surface area is 164 Å². The molecule has 2 unspecified atom stereocenters. The first-order valence-electron chi connectivity index (χ1n) is 9.04. The highest BCUT2D eigenvalue weighted by Crippen LogP contribution is 2.43. The van der Waals surface area contributed by atoms with Gasteiger partial charge in [-0.1, -0.05) is 56.0 Å². The molecule has 1 aromatic carbocycles. The summed E-state index contributed by atoms with van der Waals surface area (Å²) < 4.78 is 5.02. The molecule has 1 N–H and O–H groups in total. The topological polar surface area (TPSA) is 58.6 Å². The number of nitrogens with zero attached hydrogens (tertiary/aromatic N) is 1. The van der Waals surface area contributed by atoms with Crippen LogP contribution in [-0.2, 0) is 14.3 Å². The molecule has 7 heteroatoms. The van der Waals surface area contributed by atoms with E-state index in [1.165, 1.54) is 13.5 Å². The summed E-state index contributed by atoms with van der Waals surface area (Å²) in [6.45, 7) is 2.74. The Morgan fingerprint density at radius 2 is 2.08 bits per heavy atom. The van der Waals surface area contributed by atoms with Gasteiger partial charge in [-0.2, -0.15) is 0 Å². The molecule has 0 bridgehead atoms. The lowest BCUT2D eigenvalue weighted by molar-refractivity contribution is -0.142. The van der Waals surface area contributed by atoms with Crippen LogP contribution < -0.4 is 5.32 Å². The number of methoxy groups -OCH3 is 1. The summed E-state index contributed by atoms with van der Waals surface area (Å²) in [5, 5.41) is 3.30. The van der Waals surface area contributed by atoms with E-state index in [4.69, 9.17) is 16.3 Å². The average Bonchev–Trinajstić information content (AvgIpc) is 3.07. The minimum Gasteiger partial charge on any atom is -0.375 e. The van der Waals surface area contributed by atoms with Crippen molar-refractivity contribution in [3.63, 3.8) is 0 Å². The summed E-state index contributed by atoms with van der Waals surface area (Å²) in [7, 11) is 1.48. The third kappa shape index (κ3) is 5.38. The molecule has 144 valence electrons. The Balaban J connectivity index is 2.09. The number of hydrogen-bond acceptors (Lipinski definition) is 4. The Bertz CT molecular complexity index is 614. The van der Waals surface area contributed by atoms with Crippen molar-refractivity contribution in [1.82, 2.24) is 10.2 Å². The number of carbonyl (C=O) groups is 2. The van der Waals surface area contributed by atoms with Crippen molar-refractivity contribution >= 4 is 35.2 Å². The molecule has 2 atom stereocenters. The molecule has 26 heavy (non-hydrogen) atoms. The maximum absolute atomic E-state index is 12.7. The number of carbonyl (C=O) groups excluding carboxylic acids is 2. The minimum atomic E-state index is -0.505. The van der Waals surface area contributed by atoms with Crippen LogP contribution in [0.2, 0.25) is 5.02 Å². The second kappa shape index (κ2) is 10.8. The third-order valence-electron chi connectivity index (χ3n) is 4.36. The van der Waals surface area contributed by atoms with Crippen LogP contribution in [0.3, 0.4) is 0 Å². The highest BCUT2D eigenvalue weighted by atomic mass is 35.5. The smallest absolute Gasteiger partial charge is 0.250 e. The molecule has 1 aliphatic heterocycles. The van der Waals surface area contributed by atoms with Crippen LogP contribution in [0.15, 0.2) is 24.3 Å². The zero-order valence-corrected chi connectivity index (χ0v) is 16.9. The molecular formula is C19H27ClN2O3S. The van der Waals surface area contributed by atoms with Crippen LogP contribution in [0.1, 0.15) is 43.5 Å². The Morgan fingerprint density at radius 1 is 1.31 bits per heavy atom. The van der Waals surface area contributed by atoms with E-state index in [-0.39, 0.29) is 23.8 Å². The van der Waals surface area contributed by atoms with Crippen molar-refractivity contribution in [1.29, 1.82) is 0 Å². The minimum absolute atomic E-state index is 0.0538. The number of ether oxygens (including phenoxy) is 1. The standard InChI is InChI=1S/C19H27ClN2O3S/c1-3-4-5-8-11-21-18(24)16-13-26-19(22(16)17(23)12-25-2)14-9-6-7-10-15(14)20/h6-7,9-10,16,19H,3-5,8,11-13H2,1-2H3,(H,21,24). The Kier molecular flexibility index (Phi) is 8.75. The SMILES string of the molecule is CCCCCCNC(=O)C1CSC(c2ccccc2Cl)N1C(=O)COC. The van der Waals surface area contributed by atoms with Gasteiger partial charge in [-0.25, -0.2) is 0 Å². The number of hydrogen-bond donors (Lipinski definition) is 1. The van der Waals surface area contributed by atoms with E-state index in [1.807, 2.05) is 18.2 Å². The van der Waals surface area contributed by atoms with Crippen LogP contribution >= 0.6 is 23.4 Å². The number of amides is 2. The van der Waals surface area contributed by atoms with E-state index >= 15 is 0 Å². The summed E-state index contributed by atoms with van der Waals surface area (Å²) in [6, 6.07) is 6.94. The van der Waals surface area contributed by atoms with Crippen molar-refractivity contribution in [2.45, 2.75) is 44.0 Å². The zero-order chi connectivity index (χ0) is 18.9. The average molecular weight is 399 g/mol. The van der Waals surface area contributed by atoms with Crippen molar-refractivity contribution in [2.24, 2.45) is 0 Å². The summed E-state index contributed by atoms with van der Waals surface area (Å²) in [5.74, 6) is 0.244. The maximum Gasteiger partial charge on any atom is 0.250 e. The zero-order valence-electron chi connectivity index (χ0n) is 15.4. The molecule has 1 fully saturated rings. The number of nitrogens with one attached hydrogen (secondary N) is 1. The fourth-order valence-corrected chi connectivity index (χ4v) is 4.80. The Morgan fingerprint density at radius 3 is 2.77 bits per heavy atom. The molecule has 1 saturated heterocycles. The van der Waals surface area contributed by atoms with Crippen molar-refractivity contribution < 1.29 is 14.3 Å². The van der Waals surface area contributed by atoms with Gasteiger partial charge in [0, 0.05) is 30.0 Å². The first kappa shape index (κ1) is 21.1. The van der Waals surface area contributed by atoms with E-state index in [0.717, 1.165) is 24.8 Å². The van der Waals surface area contributed by atoms with Gasteiger partial charge in [-0.15, -0.1) is 11.8 Å². The van der Waals surface area contributed by atoms with Gasteiger partial charge in [0.2, 0.25) is 11.8 Å². The van der Waals surface area contributed by atoms with Crippen molar-refractivity contribution in [3.05, 3.63) is 34.9 Å². The van der Waals surface area contributed by atoms with E-state index in [2.05, 4.69) is 12.2 Å². The molecule has 2 amide bonds. The monoisotopic (exact) mass is 398 g/mol. The van der Waals surface area contributed by atoms with Crippen LogP contribution in [0, 0.1) is 0 Å². The van der Waals surface area contributed by atoms with Gasteiger partial charge in [-0.05, 0) is 12.5 Å². The molecular weight excluding hydrogens is 372 g/mol. The van der Waals surface area contributed by atoms with E-state index in [9.17, 15) is 9.59 Å². The van der Waals surface area contributed by atoms with Gasteiger partial charge >= 0.3 is 0 Å². The number of unbranched alkanes of at least 4 members (excludes halogenated alkanes) is 3. The lowest BCUT2D eigenvalue weighted by atomic mass is 10.1. The highest BCUT2D eigenvalue weighted by Gasteiger charge is 2.42. The molecule has 1 aliphatic rings. The van der Waals surface area contributed by atoms with Gasteiger partial charge in [-0.3, -0.25) is 9.59 Å². The lowest BCUT2D eigenvalue weighted by Crippen LogP contribution is -2.49. The van der Waals surface area contributed by atoms with Gasteiger partial charge in [0.1, 0.15) is 18.0 Å². The molecule has 2 rings (SSSR count). The Hall–Kier alpha value is -1.24. The van der Waals surface area contributed by atoms with Crippen LogP contribution in [0.4, 0.5) is 0 Å². The number of halogens is 1. The largest absolute Gasteiger partial charge is 0.375 e. The van der Waals surface area contributed by atoms with Gasteiger partial charge in [0.05, 0.1) is 0 Å². The fourth-order valence-electron chi connectivity index (χ4n) is 3.01. The second-order valence-electron chi connectivity index (χ2n) is 6.31. The number of benzene rings is 1. The number of rotatable bonds is 9. The molecule has 0 radical (unpaired) electrons. The molecule has 1 aromatic rings. The van der Waals surface area contributed by atoms with Crippen molar-refractivity contribution in [2.75, 3.05) is 26.0 Å². The molecule has 1 heterocycles. The van der Waals surface area contributed by atoms with Crippen LogP contribution in [0.5, 0.6) is 0 Å². The van der Waals surface area contributed by atoms with Crippen molar-refractivity contribution in [3.8, 4) is 0 Å². The maximum atomic E-state index is 12.7. The summed E-state index contributed by atoms with van der Waals surface area (Å²) in [4.78, 5) is 26.9. The first-order valence-corrected chi connectivity index (χ1v) is 10.5. The number of thioether (sulfide) groups is 1. The van der Waals surface area contributed by atoms with Gasteiger partial charge < -0.3 is 15.0 Å².